The molecular weight excluding hydrogens is 340 g/mol. The van der Waals surface area contributed by atoms with Crippen LogP contribution in [0.2, 0.25) is 0 Å². The lowest BCUT2D eigenvalue weighted by Gasteiger charge is -2.32. The van der Waals surface area contributed by atoms with Crippen LogP contribution in [0.15, 0.2) is 29.5 Å². The predicted octanol–water partition coefficient (Wildman–Crippen LogP) is 0.709. The molecule has 0 bridgehead atoms. The van der Waals surface area contributed by atoms with E-state index in [-0.39, 0.29) is 30.5 Å². The van der Waals surface area contributed by atoms with Crippen molar-refractivity contribution < 1.29 is 28.6 Å². The highest BCUT2D eigenvalue weighted by Gasteiger charge is 2.33. The Balaban J connectivity index is 2.08. The Kier molecular flexibility index (Phi) is 4.94. The first-order chi connectivity index (χ1) is 12.5. The largest absolute Gasteiger partial charge is 0.466 e. The monoisotopic (exact) mass is 360 g/mol. The molecule has 0 N–H and O–H groups in total. The average molecular weight is 360 g/mol. The molecule has 1 aromatic rings. The summed E-state index contributed by atoms with van der Waals surface area (Å²) in [6.45, 7) is 0.658. The molecule has 2 aliphatic rings. The fourth-order valence-corrected chi connectivity index (χ4v) is 3.09. The number of carbonyl (C=O) groups is 3. The zero-order chi connectivity index (χ0) is 18.8. The number of anilines is 1. The molecule has 0 unspecified atom stereocenters. The third-order valence-electron chi connectivity index (χ3n) is 4.53. The van der Waals surface area contributed by atoms with Gasteiger partial charge in [-0.25, -0.2) is 9.59 Å². The lowest BCUT2D eigenvalue weighted by Crippen LogP contribution is -2.39. The van der Waals surface area contributed by atoms with Gasteiger partial charge in [0.05, 0.1) is 26.4 Å². The van der Waals surface area contributed by atoms with E-state index in [1.807, 2.05) is 6.07 Å². The van der Waals surface area contributed by atoms with Crippen LogP contribution in [0.25, 0.3) is 0 Å². The van der Waals surface area contributed by atoms with E-state index in [9.17, 15) is 14.4 Å². The van der Waals surface area contributed by atoms with Crippen molar-refractivity contribution in [2.24, 2.45) is 0 Å². The van der Waals surface area contributed by atoms with Crippen molar-refractivity contribution in [3.05, 3.63) is 40.6 Å². The van der Waals surface area contributed by atoms with Gasteiger partial charge in [-0.3, -0.25) is 4.79 Å². The number of methoxy groups -OCH3 is 2. The molecule has 8 nitrogen and oxygen atoms in total. The summed E-state index contributed by atoms with van der Waals surface area (Å²) in [7, 11) is 4.22. The summed E-state index contributed by atoms with van der Waals surface area (Å²) in [5.74, 6) is -1.42. The molecule has 1 aromatic carbocycles. The van der Waals surface area contributed by atoms with Crippen LogP contribution in [-0.4, -0.2) is 63.9 Å². The lowest BCUT2D eigenvalue weighted by molar-refractivity contribution is -0.140. The molecule has 2 aliphatic heterocycles. The van der Waals surface area contributed by atoms with E-state index in [1.165, 1.54) is 19.1 Å². The van der Waals surface area contributed by atoms with Crippen LogP contribution in [0.5, 0.6) is 0 Å². The van der Waals surface area contributed by atoms with Gasteiger partial charge in [0.2, 0.25) is 0 Å². The van der Waals surface area contributed by atoms with Crippen molar-refractivity contribution in [3.63, 3.8) is 0 Å². The topological polar surface area (TPSA) is 85.4 Å². The lowest BCUT2D eigenvalue weighted by atomic mass is 9.98. The smallest absolute Gasteiger partial charge is 0.355 e. The van der Waals surface area contributed by atoms with Crippen molar-refractivity contribution >= 4 is 23.5 Å². The number of benzene rings is 1. The summed E-state index contributed by atoms with van der Waals surface area (Å²) >= 11 is 0. The zero-order valence-electron chi connectivity index (χ0n) is 14.9. The molecule has 1 amide bonds. The summed E-state index contributed by atoms with van der Waals surface area (Å²) in [6, 6.07) is 5.36. The Hall–Kier alpha value is -2.87. The van der Waals surface area contributed by atoms with E-state index in [0.717, 1.165) is 12.0 Å². The van der Waals surface area contributed by atoms with Crippen molar-refractivity contribution in [3.8, 4) is 0 Å². The molecule has 0 atom stereocenters. The SMILES string of the molecule is COC(=O)C1=C(C(=O)OC)N(c2ccc3c(c2)C(=O)N(C)CC3)COC1. The molecule has 0 aliphatic carbocycles. The number of carbonyl (C=O) groups excluding carboxylic acids is 3. The second-order valence-electron chi connectivity index (χ2n) is 6.03. The predicted molar refractivity (Wildman–Crippen MR) is 91.5 cm³/mol. The van der Waals surface area contributed by atoms with Gasteiger partial charge in [0.15, 0.2) is 0 Å². The number of amides is 1. The van der Waals surface area contributed by atoms with E-state index in [0.29, 0.717) is 17.8 Å². The van der Waals surface area contributed by atoms with Crippen LogP contribution >= 0.6 is 0 Å². The van der Waals surface area contributed by atoms with E-state index >= 15 is 0 Å². The molecule has 0 aromatic heterocycles. The number of hydrogen-bond donors (Lipinski definition) is 0. The Morgan fingerprint density at radius 2 is 1.88 bits per heavy atom. The summed E-state index contributed by atoms with van der Waals surface area (Å²) < 4.78 is 15.0. The van der Waals surface area contributed by atoms with Gasteiger partial charge in [-0.05, 0) is 24.1 Å². The van der Waals surface area contributed by atoms with Crippen LogP contribution < -0.4 is 4.90 Å². The van der Waals surface area contributed by atoms with Crippen molar-refractivity contribution in [1.29, 1.82) is 0 Å². The minimum Gasteiger partial charge on any atom is -0.466 e. The second-order valence-corrected chi connectivity index (χ2v) is 6.03. The van der Waals surface area contributed by atoms with Crippen LogP contribution in [0.3, 0.4) is 0 Å². The van der Waals surface area contributed by atoms with E-state index in [2.05, 4.69) is 0 Å². The maximum atomic E-state index is 12.4. The van der Waals surface area contributed by atoms with Crippen molar-refractivity contribution in [1.82, 2.24) is 4.90 Å². The molecule has 0 spiro atoms. The molecule has 138 valence electrons. The Morgan fingerprint density at radius 3 is 2.58 bits per heavy atom. The first-order valence-corrected chi connectivity index (χ1v) is 8.11. The van der Waals surface area contributed by atoms with Crippen LogP contribution in [-0.2, 0) is 30.2 Å². The Morgan fingerprint density at radius 1 is 1.15 bits per heavy atom. The molecule has 0 fully saturated rings. The van der Waals surface area contributed by atoms with E-state index < -0.39 is 11.9 Å². The molecular formula is C18H20N2O6. The van der Waals surface area contributed by atoms with Crippen molar-refractivity contribution in [2.45, 2.75) is 6.42 Å². The number of likely N-dealkylation sites (N-methyl/N-ethyl adjacent to an activating group) is 1. The Bertz CT molecular complexity index is 801. The standard InChI is InChI=1S/C18H20N2O6/c1-19-7-6-11-4-5-12(8-13(11)16(19)21)20-10-26-9-14(17(22)24-2)15(20)18(23)25-3/h4-5,8H,6-7,9-10H2,1-3H3. The van der Waals surface area contributed by atoms with Gasteiger partial charge in [0, 0.05) is 24.8 Å². The molecule has 2 heterocycles. The fraction of sp³-hybridized carbons (Fsp3) is 0.389. The van der Waals surface area contributed by atoms with E-state index in [1.54, 1.807) is 24.1 Å². The van der Waals surface area contributed by atoms with Gasteiger partial charge >= 0.3 is 11.9 Å². The minimum absolute atomic E-state index is 0.0493. The normalized spacial score (nSPS) is 17.1. The molecule has 3 rings (SSSR count). The molecule has 0 saturated carbocycles. The quantitative estimate of drug-likeness (QED) is 0.734. The number of esters is 2. The maximum absolute atomic E-state index is 12.4. The second kappa shape index (κ2) is 7.17. The van der Waals surface area contributed by atoms with Crippen LogP contribution in [0, 0.1) is 0 Å². The number of hydrogen-bond acceptors (Lipinski definition) is 7. The third kappa shape index (κ3) is 3.03. The molecule has 26 heavy (non-hydrogen) atoms. The van der Waals surface area contributed by atoms with Gasteiger partial charge < -0.3 is 24.0 Å². The average Bonchev–Trinajstić information content (AvgIpc) is 2.68. The minimum atomic E-state index is -0.671. The van der Waals surface area contributed by atoms with E-state index in [4.69, 9.17) is 14.2 Å². The number of nitrogens with zero attached hydrogens (tertiary/aromatic N) is 2. The van der Waals surface area contributed by atoms with Crippen LogP contribution in [0.4, 0.5) is 5.69 Å². The number of ether oxygens (including phenoxy) is 3. The first kappa shape index (κ1) is 17.9. The maximum Gasteiger partial charge on any atom is 0.355 e. The van der Waals surface area contributed by atoms with Gasteiger partial charge in [0.25, 0.3) is 5.91 Å². The van der Waals surface area contributed by atoms with Crippen LogP contribution in [0.1, 0.15) is 15.9 Å². The third-order valence-corrected chi connectivity index (χ3v) is 4.53. The molecule has 8 heteroatoms. The highest BCUT2D eigenvalue weighted by Crippen LogP contribution is 2.30. The summed E-state index contributed by atoms with van der Waals surface area (Å²) in [6.07, 6.45) is 0.765. The van der Waals surface area contributed by atoms with Gasteiger partial charge in [-0.1, -0.05) is 6.07 Å². The van der Waals surface area contributed by atoms with Crippen molar-refractivity contribution in [2.75, 3.05) is 46.0 Å². The van der Waals surface area contributed by atoms with Gasteiger partial charge in [-0.15, -0.1) is 0 Å². The number of fused-ring (bicyclic) bond motifs is 1. The summed E-state index contributed by atoms with van der Waals surface area (Å²) in [5, 5.41) is 0. The Labute approximate surface area is 150 Å². The highest BCUT2D eigenvalue weighted by molar-refractivity contribution is 6.04. The summed E-state index contributed by atoms with van der Waals surface area (Å²) in [4.78, 5) is 40.0. The molecule has 0 saturated heterocycles. The first-order valence-electron chi connectivity index (χ1n) is 8.11. The number of rotatable bonds is 3. The summed E-state index contributed by atoms with van der Waals surface area (Å²) in [5.41, 5.74) is 2.22. The molecule has 0 radical (unpaired) electrons. The zero-order valence-corrected chi connectivity index (χ0v) is 14.9. The van der Waals surface area contributed by atoms with Gasteiger partial charge in [0.1, 0.15) is 12.4 Å². The highest BCUT2D eigenvalue weighted by atomic mass is 16.5. The fourth-order valence-electron chi connectivity index (χ4n) is 3.09. The van der Waals surface area contributed by atoms with Gasteiger partial charge in [-0.2, -0.15) is 0 Å².